The lowest BCUT2D eigenvalue weighted by Crippen LogP contribution is -2.45. The summed E-state index contributed by atoms with van der Waals surface area (Å²) in [6, 6.07) is 8.36. The molecule has 0 unspecified atom stereocenters. The summed E-state index contributed by atoms with van der Waals surface area (Å²) in [7, 11) is 0. The second kappa shape index (κ2) is 7.60. The van der Waals surface area contributed by atoms with E-state index >= 15 is 0 Å². The van der Waals surface area contributed by atoms with Crippen LogP contribution < -0.4 is 5.43 Å². The number of benzene rings is 1. The molecule has 2 aliphatic rings. The van der Waals surface area contributed by atoms with E-state index in [1.165, 1.54) is 31.9 Å². The number of carbonyl (C=O) groups excluding carboxylic acids is 1. The van der Waals surface area contributed by atoms with Crippen molar-refractivity contribution in [1.82, 2.24) is 14.7 Å². The first kappa shape index (κ1) is 17.3. The summed E-state index contributed by atoms with van der Waals surface area (Å²) in [5.41, 5.74) is 0.739. The second-order valence-corrected chi connectivity index (χ2v) is 7.68. The highest BCUT2D eigenvalue weighted by atomic mass is 16.2. The molecule has 1 amide bonds. The third-order valence-corrected chi connectivity index (χ3v) is 6.02. The first-order valence-electron chi connectivity index (χ1n) is 10.00. The van der Waals surface area contributed by atoms with Gasteiger partial charge in [-0.1, -0.05) is 37.8 Å². The molecule has 5 nitrogen and oxygen atoms in total. The van der Waals surface area contributed by atoms with E-state index in [-0.39, 0.29) is 11.3 Å². The molecule has 0 atom stereocenters. The van der Waals surface area contributed by atoms with Crippen molar-refractivity contribution in [3.05, 3.63) is 40.7 Å². The van der Waals surface area contributed by atoms with Gasteiger partial charge in [0.1, 0.15) is 0 Å². The Hall–Kier alpha value is -2.17. The number of aryl methyl sites for hydroxylation is 1. The van der Waals surface area contributed by atoms with Crippen LogP contribution in [0.5, 0.6) is 0 Å². The fraction of sp³-hybridized carbons (Fsp3) is 0.571. The Labute approximate surface area is 154 Å². The van der Waals surface area contributed by atoms with Crippen LogP contribution in [0.4, 0.5) is 0 Å². The summed E-state index contributed by atoms with van der Waals surface area (Å²) in [4.78, 5) is 27.3. The highest BCUT2D eigenvalue weighted by Crippen LogP contribution is 2.32. The molecule has 138 valence electrons. The number of rotatable bonds is 5. The predicted octanol–water partition coefficient (Wildman–Crippen LogP) is 3.50. The van der Waals surface area contributed by atoms with E-state index in [2.05, 4.69) is 10.00 Å². The molecule has 0 bridgehead atoms. The highest BCUT2D eigenvalue weighted by molar-refractivity contribution is 5.79. The molecular formula is C21H27N3O2. The van der Waals surface area contributed by atoms with Gasteiger partial charge in [-0.2, -0.15) is 5.10 Å². The van der Waals surface area contributed by atoms with Crippen LogP contribution in [0.1, 0.15) is 57.8 Å². The lowest BCUT2D eigenvalue weighted by molar-refractivity contribution is -0.136. The van der Waals surface area contributed by atoms with Gasteiger partial charge in [0.2, 0.25) is 11.3 Å². The summed E-state index contributed by atoms with van der Waals surface area (Å²) in [6.07, 6.45) is 11.4. The molecule has 26 heavy (non-hydrogen) atoms. The largest absolute Gasteiger partial charge is 0.337 e. The molecule has 2 aliphatic carbocycles. The average Bonchev–Trinajstić information content (AvgIpc) is 3.36. The number of fused-ring (bicyclic) bond motifs is 1. The zero-order valence-electron chi connectivity index (χ0n) is 15.3. The number of hydrogen-bond acceptors (Lipinski definition) is 3. The third kappa shape index (κ3) is 3.39. The van der Waals surface area contributed by atoms with E-state index in [0.29, 0.717) is 30.4 Å². The SMILES string of the molecule is O=C(CCn1ncc(=O)c2ccccc21)N(C1CCCC1)C1CCCC1. The lowest BCUT2D eigenvalue weighted by atomic mass is 10.1. The molecule has 1 heterocycles. The maximum atomic E-state index is 13.1. The van der Waals surface area contributed by atoms with Gasteiger partial charge in [-0.25, -0.2) is 0 Å². The number of amides is 1. The number of nitrogens with zero attached hydrogens (tertiary/aromatic N) is 3. The van der Waals surface area contributed by atoms with E-state index < -0.39 is 0 Å². The number of carbonyl (C=O) groups is 1. The Kier molecular flexibility index (Phi) is 5.05. The molecule has 0 radical (unpaired) electrons. The Bertz CT molecular complexity index is 817. The molecule has 0 spiro atoms. The lowest BCUT2D eigenvalue weighted by Gasteiger charge is -2.35. The maximum Gasteiger partial charge on any atom is 0.224 e. The van der Waals surface area contributed by atoms with Crippen LogP contribution in [0, 0.1) is 0 Å². The molecule has 1 aromatic heterocycles. The van der Waals surface area contributed by atoms with Crippen LogP contribution in [-0.2, 0) is 11.3 Å². The Morgan fingerprint density at radius 3 is 2.31 bits per heavy atom. The van der Waals surface area contributed by atoms with Crippen molar-refractivity contribution in [2.24, 2.45) is 0 Å². The first-order chi connectivity index (χ1) is 12.7. The van der Waals surface area contributed by atoms with Crippen LogP contribution in [0.2, 0.25) is 0 Å². The minimum atomic E-state index is -0.0679. The molecule has 2 saturated carbocycles. The van der Waals surface area contributed by atoms with Crippen LogP contribution in [0.25, 0.3) is 10.9 Å². The van der Waals surface area contributed by atoms with Crippen molar-refractivity contribution < 1.29 is 4.79 Å². The van der Waals surface area contributed by atoms with Gasteiger partial charge in [-0.15, -0.1) is 0 Å². The quantitative estimate of drug-likeness (QED) is 0.827. The van der Waals surface area contributed by atoms with Gasteiger partial charge < -0.3 is 4.90 Å². The van der Waals surface area contributed by atoms with Crippen LogP contribution in [-0.4, -0.2) is 32.7 Å². The summed E-state index contributed by atoms with van der Waals surface area (Å²) < 4.78 is 1.80. The summed E-state index contributed by atoms with van der Waals surface area (Å²) in [5, 5.41) is 4.93. The van der Waals surface area contributed by atoms with Crippen molar-refractivity contribution in [2.45, 2.75) is 76.4 Å². The second-order valence-electron chi connectivity index (χ2n) is 7.68. The molecule has 5 heteroatoms. The molecule has 0 N–H and O–H groups in total. The number of aromatic nitrogens is 2. The van der Waals surface area contributed by atoms with Crippen molar-refractivity contribution in [3.8, 4) is 0 Å². The Balaban J connectivity index is 1.52. The Morgan fingerprint density at radius 1 is 1.04 bits per heavy atom. The number of para-hydroxylation sites is 1. The first-order valence-corrected chi connectivity index (χ1v) is 10.00. The fourth-order valence-corrected chi connectivity index (χ4v) is 4.74. The van der Waals surface area contributed by atoms with Crippen molar-refractivity contribution in [2.75, 3.05) is 0 Å². The molecule has 0 aliphatic heterocycles. The minimum absolute atomic E-state index is 0.0679. The maximum absolute atomic E-state index is 13.1. The van der Waals surface area contributed by atoms with Gasteiger partial charge in [-0.05, 0) is 37.8 Å². The molecule has 2 fully saturated rings. The molecule has 1 aromatic carbocycles. The summed E-state index contributed by atoms with van der Waals surface area (Å²) >= 11 is 0. The molecule has 4 rings (SSSR count). The van der Waals surface area contributed by atoms with Crippen molar-refractivity contribution >= 4 is 16.8 Å². The monoisotopic (exact) mass is 353 g/mol. The minimum Gasteiger partial charge on any atom is -0.337 e. The smallest absolute Gasteiger partial charge is 0.224 e. The topological polar surface area (TPSA) is 55.2 Å². The van der Waals surface area contributed by atoms with Gasteiger partial charge in [0.25, 0.3) is 0 Å². The molecule has 0 saturated heterocycles. The van der Waals surface area contributed by atoms with Crippen LogP contribution >= 0.6 is 0 Å². The van der Waals surface area contributed by atoms with E-state index in [9.17, 15) is 9.59 Å². The van der Waals surface area contributed by atoms with E-state index in [1.54, 1.807) is 4.68 Å². The van der Waals surface area contributed by atoms with Gasteiger partial charge in [0.05, 0.1) is 18.3 Å². The normalized spacial score (nSPS) is 18.6. The zero-order chi connectivity index (χ0) is 17.9. The van der Waals surface area contributed by atoms with Crippen LogP contribution in [0.15, 0.2) is 35.3 Å². The van der Waals surface area contributed by atoms with Gasteiger partial charge in [0.15, 0.2) is 0 Å². The number of hydrogen-bond donors (Lipinski definition) is 0. The van der Waals surface area contributed by atoms with Gasteiger partial charge in [-0.3, -0.25) is 14.3 Å². The van der Waals surface area contributed by atoms with E-state index in [4.69, 9.17) is 0 Å². The van der Waals surface area contributed by atoms with E-state index in [0.717, 1.165) is 31.2 Å². The van der Waals surface area contributed by atoms with Crippen molar-refractivity contribution in [1.29, 1.82) is 0 Å². The summed E-state index contributed by atoms with van der Waals surface area (Å²) in [6.45, 7) is 0.523. The van der Waals surface area contributed by atoms with Crippen LogP contribution in [0.3, 0.4) is 0 Å². The van der Waals surface area contributed by atoms with E-state index in [1.807, 2.05) is 24.3 Å². The Morgan fingerprint density at radius 2 is 1.65 bits per heavy atom. The average molecular weight is 353 g/mol. The fourth-order valence-electron chi connectivity index (χ4n) is 4.74. The van der Waals surface area contributed by atoms with Crippen molar-refractivity contribution in [3.63, 3.8) is 0 Å². The predicted molar refractivity (Wildman–Crippen MR) is 102 cm³/mol. The van der Waals surface area contributed by atoms with Gasteiger partial charge >= 0.3 is 0 Å². The molecular weight excluding hydrogens is 326 g/mol. The zero-order valence-corrected chi connectivity index (χ0v) is 15.3. The van der Waals surface area contributed by atoms with Gasteiger partial charge in [0, 0.05) is 23.9 Å². The summed E-state index contributed by atoms with van der Waals surface area (Å²) in [5.74, 6) is 0.258. The highest BCUT2D eigenvalue weighted by Gasteiger charge is 2.33. The standard InChI is InChI=1S/C21H27N3O2/c25-20-15-22-23(19-12-6-5-11-18(19)20)14-13-21(26)24(16-7-1-2-8-16)17-9-3-4-10-17/h5-6,11-12,15-17H,1-4,7-10,13-14H2. The molecule has 2 aromatic rings. The third-order valence-electron chi connectivity index (χ3n) is 6.02.